The normalized spacial score (nSPS) is 21.8. The number of hydrogen-bond acceptors (Lipinski definition) is 4. The van der Waals surface area contributed by atoms with E-state index in [0.717, 1.165) is 51.0 Å². The van der Waals surface area contributed by atoms with Crippen LogP contribution in [0.1, 0.15) is 24.2 Å². The monoisotopic (exact) mass is 312 g/mol. The molecule has 0 unspecified atom stereocenters. The summed E-state index contributed by atoms with van der Waals surface area (Å²) in [4.78, 5) is 6.94. The lowest BCUT2D eigenvalue weighted by atomic mass is 10.1. The van der Waals surface area contributed by atoms with Crippen LogP contribution in [0.15, 0.2) is 36.7 Å². The second-order valence-corrected chi connectivity index (χ2v) is 6.84. The van der Waals surface area contributed by atoms with Crippen molar-refractivity contribution in [2.24, 2.45) is 11.8 Å². The maximum absolute atomic E-state index is 5.96. The van der Waals surface area contributed by atoms with E-state index in [9.17, 15) is 0 Å². The molecule has 23 heavy (non-hydrogen) atoms. The predicted molar refractivity (Wildman–Crippen MR) is 87.6 cm³/mol. The van der Waals surface area contributed by atoms with Crippen molar-refractivity contribution in [3.05, 3.63) is 48.0 Å². The van der Waals surface area contributed by atoms with Crippen molar-refractivity contribution in [3.8, 4) is 0 Å². The molecule has 0 radical (unpaired) electrons. The zero-order valence-electron chi connectivity index (χ0n) is 13.5. The van der Waals surface area contributed by atoms with E-state index in [4.69, 9.17) is 4.74 Å². The minimum atomic E-state index is 0.485. The predicted octanol–water partition coefficient (Wildman–Crippen LogP) is 2.34. The van der Waals surface area contributed by atoms with Crippen LogP contribution in [0.5, 0.6) is 0 Å². The van der Waals surface area contributed by atoms with Gasteiger partial charge in [0.1, 0.15) is 0 Å². The van der Waals surface area contributed by atoms with Gasteiger partial charge in [-0.2, -0.15) is 5.10 Å². The van der Waals surface area contributed by atoms with Crippen molar-refractivity contribution < 1.29 is 4.74 Å². The molecule has 0 aromatic carbocycles. The summed E-state index contributed by atoms with van der Waals surface area (Å²) < 4.78 is 8.10. The molecule has 0 bridgehead atoms. The van der Waals surface area contributed by atoms with Crippen molar-refractivity contribution in [2.45, 2.75) is 32.5 Å². The lowest BCUT2D eigenvalue weighted by molar-refractivity contribution is 0.0694. The van der Waals surface area contributed by atoms with E-state index in [1.807, 2.05) is 18.5 Å². The topological polar surface area (TPSA) is 43.2 Å². The lowest BCUT2D eigenvalue weighted by Crippen LogP contribution is -2.30. The van der Waals surface area contributed by atoms with E-state index in [-0.39, 0.29) is 0 Å². The fraction of sp³-hybridized carbons (Fsp3) is 0.556. The zero-order chi connectivity index (χ0) is 15.5. The van der Waals surface area contributed by atoms with Crippen molar-refractivity contribution in [1.82, 2.24) is 19.7 Å². The molecule has 2 aliphatic rings. The quantitative estimate of drug-likeness (QED) is 0.821. The minimum Gasteiger partial charge on any atom is -0.381 e. The van der Waals surface area contributed by atoms with Crippen LogP contribution in [0.25, 0.3) is 0 Å². The van der Waals surface area contributed by atoms with Crippen LogP contribution in [0.4, 0.5) is 0 Å². The fourth-order valence-corrected chi connectivity index (χ4v) is 3.25. The number of ether oxygens (including phenoxy) is 1. The van der Waals surface area contributed by atoms with Crippen LogP contribution < -0.4 is 0 Å². The molecular formula is C18H24N4O. The molecule has 1 aliphatic heterocycles. The Morgan fingerprint density at radius 2 is 1.96 bits per heavy atom. The van der Waals surface area contributed by atoms with Gasteiger partial charge < -0.3 is 4.74 Å². The summed E-state index contributed by atoms with van der Waals surface area (Å²) >= 11 is 0. The second kappa shape index (κ2) is 6.81. The molecule has 0 N–H and O–H groups in total. The van der Waals surface area contributed by atoms with E-state index in [0.29, 0.717) is 5.92 Å². The van der Waals surface area contributed by atoms with Crippen molar-refractivity contribution in [3.63, 3.8) is 0 Å². The molecule has 2 aromatic heterocycles. The van der Waals surface area contributed by atoms with Crippen LogP contribution in [-0.4, -0.2) is 39.4 Å². The third-order valence-electron chi connectivity index (χ3n) is 4.65. The van der Waals surface area contributed by atoms with Crippen LogP contribution in [0.2, 0.25) is 0 Å². The Labute approximate surface area is 137 Å². The highest BCUT2D eigenvalue weighted by molar-refractivity contribution is 5.06. The SMILES string of the molecule is c1ccc(CN2Cc3ccnn3C[C@H](COCC3CC3)C2)nc1. The summed E-state index contributed by atoms with van der Waals surface area (Å²) in [5.41, 5.74) is 2.41. The van der Waals surface area contributed by atoms with Gasteiger partial charge in [-0.3, -0.25) is 14.6 Å². The lowest BCUT2D eigenvalue weighted by Gasteiger charge is -2.23. The Morgan fingerprint density at radius 3 is 2.78 bits per heavy atom. The van der Waals surface area contributed by atoms with Gasteiger partial charge in [0.2, 0.25) is 0 Å². The molecule has 0 amide bonds. The van der Waals surface area contributed by atoms with E-state index < -0.39 is 0 Å². The summed E-state index contributed by atoms with van der Waals surface area (Å²) in [5, 5.41) is 4.48. The van der Waals surface area contributed by atoms with E-state index in [1.165, 1.54) is 18.5 Å². The van der Waals surface area contributed by atoms with Gasteiger partial charge in [-0.15, -0.1) is 0 Å². The Hall–Kier alpha value is -1.72. The largest absolute Gasteiger partial charge is 0.381 e. The average Bonchev–Trinajstić information content (AvgIpc) is 3.31. The van der Waals surface area contributed by atoms with E-state index >= 15 is 0 Å². The Balaban J connectivity index is 1.42. The first-order valence-electron chi connectivity index (χ1n) is 8.57. The summed E-state index contributed by atoms with van der Waals surface area (Å²) in [6.45, 7) is 5.55. The van der Waals surface area contributed by atoms with Crippen molar-refractivity contribution >= 4 is 0 Å². The summed E-state index contributed by atoms with van der Waals surface area (Å²) in [6, 6.07) is 8.25. The molecule has 4 rings (SSSR count). The molecule has 1 fully saturated rings. The van der Waals surface area contributed by atoms with Crippen LogP contribution in [0, 0.1) is 11.8 Å². The van der Waals surface area contributed by atoms with Crippen molar-refractivity contribution in [2.75, 3.05) is 19.8 Å². The molecule has 5 nitrogen and oxygen atoms in total. The Kier molecular flexibility index (Phi) is 4.39. The summed E-state index contributed by atoms with van der Waals surface area (Å²) in [6.07, 6.45) is 6.47. The summed E-state index contributed by atoms with van der Waals surface area (Å²) in [7, 11) is 0. The first-order chi connectivity index (χ1) is 11.4. The molecule has 122 valence electrons. The second-order valence-electron chi connectivity index (χ2n) is 6.84. The highest BCUT2D eigenvalue weighted by Crippen LogP contribution is 2.29. The number of fused-ring (bicyclic) bond motifs is 1. The third kappa shape index (κ3) is 3.98. The van der Waals surface area contributed by atoms with Gasteiger partial charge in [0.25, 0.3) is 0 Å². The molecule has 3 heterocycles. The van der Waals surface area contributed by atoms with Crippen molar-refractivity contribution in [1.29, 1.82) is 0 Å². The van der Waals surface area contributed by atoms with Gasteiger partial charge in [-0.1, -0.05) is 6.07 Å². The molecule has 0 saturated heterocycles. The van der Waals surface area contributed by atoms with Crippen LogP contribution in [-0.2, 0) is 24.4 Å². The standard InChI is InChI=1S/C18H24N4O/c1-2-7-19-17(3-1)11-21-9-16(14-23-13-15-4-5-15)10-22-18(12-21)6-8-20-22/h1-3,6-8,15-16H,4-5,9-14H2/t16-/m1/s1. The maximum Gasteiger partial charge on any atom is 0.0544 e. The number of pyridine rings is 1. The molecule has 1 atom stereocenters. The number of hydrogen-bond donors (Lipinski definition) is 0. The summed E-state index contributed by atoms with van der Waals surface area (Å²) in [5.74, 6) is 1.31. The van der Waals surface area contributed by atoms with Crippen LogP contribution >= 0.6 is 0 Å². The number of nitrogens with zero attached hydrogens (tertiary/aromatic N) is 4. The fourth-order valence-electron chi connectivity index (χ4n) is 3.25. The maximum atomic E-state index is 5.96. The zero-order valence-corrected chi connectivity index (χ0v) is 13.5. The average molecular weight is 312 g/mol. The van der Waals surface area contributed by atoms with Gasteiger partial charge in [0.15, 0.2) is 0 Å². The van der Waals surface area contributed by atoms with Gasteiger partial charge in [-0.05, 0) is 37.0 Å². The molecule has 1 saturated carbocycles. The number of rotatable bonds is 6. The molecule has 0 spiro atoms. The smallest absolute Gasteiger partial charge is 0.0544 e. The molecule has 1 aliphatic carbocycles. The Morgan fingerprint density at radius 1 is 1.04 bits per heavy atom. The minimum absolute atomic E-state index is 0.485. The number of aromatic nitrogens is 3. The van der Waals surface area contributed by atoms with Gasteiger partial charge >= 0.3 is 0 Å². The highest BCUT2D eigenvalue weighted by atomic mass is 16.5. The molecular weight excluding hydrogens is 288 g/mol. The third-order valence-corrected chi connectivity index (χ3v) is 4.65. The van der Waals surface area contributed by atoms with E-state index in [2.05, 4.69) is 37.9 Å². The Bertz CT molecular complexity index is 623. The van der Waals surface area contributed by atoms with Gasteiger partial charge in [0.05, 0.1) is 18.0 Å². The van der Waals surface area contributed by atoms with Crippen LogP contribution in [0.3, 0.4) is 0 Å². The van der Waals surface area contributed by atoms with E-state index in [1.54, 1.807) is 0 Å². The first kappa shape index (κ1) is 14.8. The highest BCUT2D eigenvalue weighted by Gasteiger charge is 2.25. The first-order valence-corrected chi connectivity index (χ1v) is 8.57. The molecule has 5 heteroatoms. The van der Waals surface area contributed by atoms with Gasteiger partial charge in [-0.25, -0.2) is 0 Å². The van der Waals surface area contributed by atoms with Gasteiger partial charge in [0, 0.05) is 51.1 Å². The molecule has 2 aromatic rings.